The highest BCUT2D eigenvalue weighted by Gasteiger charge is 2.22. The summed E-state index contributed by atoms with van der Waals surface area (Å²) in [6.45, 7) is 6.90. The number of hydrogen-bond donors (Lipinski definition) is 0. The molecule has 0 aliphatic carbocycles. The largest absolute Gasteiger partial charge is 0.450 e. The van der Waals surface area contributed by atoms with Gasteiger partial charge in [-0.05, 0) is 19.1 Å². The molecule has 0 spiro atoms. The first-order valence-corrected chi connectivity index (χ1v) is 8.17. The topological polar surface area (TPSA) is 84.6 Å². The van der Waals surface area contributed by atoms with Crippen LogP contribution >= 0.6 is 0 Å². The molecule has 0 unspecified atom stereocenters. The zero-order valence-electron chi connectivity index (χ0n) is 13.9. The number of pyridine rings is 1. The van der Waals surface area contributed by atoms with E-state index in [1.54, 1.807) is 11.1 Å². The van der Waals surface area contributed by atoms with Gasteiger partial charge in [-0.3, -0.25) is 0 Å². The summed E-state index contributed by atoms with van der Waals surface area (Å²) in [5, 5.41) is 3.95. The molecular formula is C16H21N5O3. The Balaban J connectivity index is 1.61. The Hall–Kier alpha value is -2.64. The van der Waals surface area contributed by atoms with Crippen molar-refractivity contribution in [3.63, 3.8) is 0 Å². The summed E-state index contributed by atoms with van der Waals surface area (Å²) in [6.07, 6.45) is 2.21. The van der Waals surface area contributed by atoms with Gasteiger partial charge in [0.25, 0.3) is 0 Å². The summed E-state index contributed by atoms with van der Waals surface area (Å²) in [7, 11) is 0. The molecule has 1 fully saturated rings. The zero-order valence-corrected chi connectivity index (χ0v) is 13.9. The van der Waals surface area contributed by atoms with Gasteiger partial charge in [-0.1, -0.05) is 12.1 Å². The van der Waals surface area contributed by atoms with E-state index in [0.717, 1.165) is 24.5 Å². The summed E-state index contributed by atoms with van der Waals surface area (Å²) in [5.41, 5.74) is 0.826. The predicted molar refractivity (Wildman–Crippen MR) is 87.7 cm³/mol. The van der Waals surface area contributed by atoms with E-state index in [9.17, 15) is 4.79 Å². The van der Waals surface area contributed by atoms with Gasteiger partial charge < -0.3 is 19.1 Å². The quantitative estimate of drug-likeness (QED) is 0.846. The van der Waals surface area contributed by atoms with Crippen molar-refractivity contribution in [2.24, 2.45) is 0 Å². The van der Waals surface area contributed by atoms with Crippen molar-refractivity contribution in [2.45, 2.75) is 20.3 Å². The summed E-state index contributed by atoms with van der Waals surface area (Å²) in [4.78, 5) is 24.4. The third-order valence-corrected chi connectivity index (χ3v) is 3.91. The van der Waals surface area contributed by atoms with Gasteiger partial charge in [0, 0.05) is 44.4 Å². The van der Waals surface area contributed by atoms with Crippen molar-refractivity contribution >= 4 is 11.9 Å². The number of aromatic nitrogens is 3. The molecule has 0 radical (unpaired) electrons. The monoisotopic (exact) mass is 331 g/mol. The molecule has 1 amide bonds. The molecule has 0 aromatic carbocycles. The van der Waals surface area contributed by atoms with Gasteiger partial charge in [0.15, 0.2) is 0 Å². The molecule has 8 nitrogen and oxygen atoms in total. The maximum absolute atomic E-state index is 11.7. The van der Waals surface area contributed by atoms with Crippen LogP contribution in [0.25, 0.3) is 11.4 Å². The van der Waals surface area contributed by atoms with E-state index < -0.39 is 0 Å². The van der Waals surface area contributed by atoms with Gasteiger partial charge >= 0.3 is 6.09 Å². The first-order valence-electron chi connectivity index (χ1n) is 8.17. The van der Waals surface area contributed by atoms with Crippen LogP contribution in [0, 0.1) is 0 Å². The number of carbonyl (C=O) groups is 1. The molecule has 1 saturated heterocycles. The second kappa shape index (κ2) is 7.29. The van der Waals surface area contributed by atoms with E-state index >= 15 is 0 Å². The minimum absolute atomic E-state index is 0.246. The maximum Gasteiger partial charge on any atom is 0.409 e. The minimum atomic E-state index is -0.246. The molecule has 3 rings (SSSR count). The molecular weight excluding hydrogens is 310 g/mol. The van der Waals surface area contributed by atoms with E-state index in [-0.39, 0.29) is 6.09 Å². The number of carbonyl (C=O) groups excluding carboxylic acids is 1. The van der Waals surface area contributed by atoms with E-state index in [2.05, 4.69) is 20.0 Å². The average molecular weight is 331 g/mol. The third kappa shape index (κ3) is 3.47. The Morgan fingerprint density at radius 3 is 2.62 bits per heavy atom. The number of ether oxygens (including phenoxy) is 1. The molecule has 2 aromatic heterocycles. The Kier molecular flexibility index (Phi) is 4.93. The fourth-order valence-corrected chi connectivity index (χ4v) is 2.55. The fraction of sp³-hybridized carbons (Fsp3) is 0.500. The molecule has 8 heteroatoms. The lowest BCUT2D eigenvalue weighted by Gasteiger charge is -2.34. The molecule has 0 atom stereocenters. The Morgan fingerprint density at radius 1 is 1.25 bits per heavy atom. The standard InChI is InChI=1S/C16H21N5O3/c1-3-14-18-15(19-24-14)12-5-6-13(17-11-12)20-7-9-21(10-8-20)16(22)23-4-2/h5-6,11H,3-4,7-10H2,1-2H3. The van der Waals surface area contributed by atoms with Crippen LogP contribution in [0.4, 0.5) is 10.6 Å². The van der Waals surface area contributed by atoms with Crippen molar-refractivity contribution < 1.29 is 14.1 Å². The lowest BCUT2D eigenvalue weighted by Crippen LogP contribution is -2.49. The summed E-state index contributed by atoms with van der Waals surface area (Å²) in [6, 6.07) is 3.88. The molecule has 0 N–H and O–H groups in total. The van der Waals surface area contributed by atoms with Crippen molar-refractivity contribution in [3.8, 4) is 11.4 Å². The molecule has 1 aliphatic rings. The average Bonchev–Trinajstić information content (AvgIpc) is 3.11. The minimum Gasteiger partial charge on any atom is -0.450 e. The number of aryl methyl sites for hydroxylation is 1. The Bertz CT molecular complexity index is 677. The number of amides is 1. The van der Waals surface area contributed by atoms with E-state index in [4.69, 9.17) is 9.26 Å². The van der Waals surface area contributed by atoms with Crippen molar-refractivity contribution in [1.82, 2.24) is 20.0 Å². The molecule has 1 aliphatic heterocycles. The summed E-state index contributed by atoms with van der Waals surface area (Å²) < 4.78 is 10.1. The van der Waals surface area contributed by atoms with Crippen molar-refractivity contribution in [3.05, 3.63) is 24.2 Å². The van der Waals surface area contributed by atoms with Gasteiger partial charge in [0.2, 0.25) is 11.7 Å². The Morgan fingerprint density at radius 2 is 2.04 bits per heavy atom. The van der Waals surface area contributed by atoms with Crippen molar-refractivity contribution in [2.75, 3.05) is 37.7 Å². The highest BCUT2D eigenvalue weighted by molar-refractivity contribution is 5.68. The van der Waals surface area contributed by atoms with Gasteiger partial charge in [0.05, 0.1) is 6.61 Å². The first kappa shape index (κ1) is 16.2. The highest BCUT2D eigenvalue weighted by atomic mass is 16.6. The maximum atomic E-state index is 11.7. The van der Waals surface area contributed by atoms with Crippen molar-refractivity contribution in [1.29, 1.82) is 0 Å². The number of nitrogens with zero attached hydrogens (tertiary/aromatic N) is 5. The SMILES string of the molecule is CCOC(=O)N1CCN(c2ccc(-c3noc(CC)n3)cn2)CC1. The lowest BCUT2D eigenvalue weighted by atomic mass is 10.2. The van der Waals surface area contributed by atoms with Crippen LogP contribution < -0.4 is 4.90 Å². The number of piperazine rings is 1. The number of hydrogen-bond acceptors (Lipinski definition) is 7. The fourth-order valence-electron chi connectivity index (χ4n) is 2.55. The van der Waals surface area contributed by atoms with Crippen LogP contribution in [0.1, 0.15) is 19.7 Å². The van der Waals surface area contributed by atoms with E-state index in [1.807, 2.05) is 26.0 Å². The summed E-state index contributed by atoms with van der Waals surface area (Å²) in [5.74, 6) is 2.05. The molecule has 2 aromatic rings. The normalized spacial score (nSPS) is 14.8. The van der Waals surface area contributed by atoms with Crippen LogP contribution in [-0.2, 0) is 11.2 Å². The molecule has 128 valence electrons. The second-order valence-electron chi connectivity index (χ2n) is 5.44. The van der Waals surface area contributed by atoms with Crippen LogP contribution in [0.5, 0.6) is 0 Å². The first-order chi connectivity index (χ1) is 11.7. The Labute approximate surface area is 140 Å². The van der Waals surface area contributed by atoms with Crippen LogP contribution in [0.3, 0.4) is 0 Å². The molecule has 24 heavy (non-hydrogen) atoms. The van der Waals surface area contributed by atoms with Crippen LogP contribution in [0.15, 0.2) is 22.9 Å². The van der Waals surface area contributed by atoms with Gasteiger partial charge in [-0.15, -0.1) is 0 Å². The van der Waals surface area contributed by atoms with Gasteiger partial charge in [-0.2, -0.15) is 4.98 Å². The van der Waals surface area contributed by atoms with E-state index in [1.165, 1.54) is 0 Å². The summed E-state index contributed by atoms with van der Waals surface area (Å²) >= 11 is 0. The van der Waals surface area contributed by atoms with Crippen LogP contribution in [0.2, 0.25) is 0 Å². The second-order valence-corrected chi connectivity index (χ2v) is 5.44. The lowest BCUT2D eigenvalue weighted by molar-refractivity contribution is 0.105. The number of anilines is 1. The number of rotatable bonds is 4. The third-order valence-electron chi connectivity index (χ3n) is 3.91. The molecule has 0 saturated carbocycles. The van der Waals surface area contributed by atoms with Gasteiger partial charge in [-0.25, -0.2) is 9.78 Å². The molecule has 3 heterocycles. The van der Waals surface area contributed by atoms with E-state index in [0.29, 0.717) is 37.8 Å². The predicted octanol–water partition coefficient (Wildman–Crippen LogP) is 1.97. The highest BCUT2D eigenvalue weighted by Crippen LogP contribution is 2.19. The van der Waals surface area contributed by atoms with Crippen LogP contribution in [-0.4, -0.2) is 58.9 Å². The molecule has 0 bridgehead atoms. The van der Waals surface area contributed by atoms with Gasteiger partial charge in [0.1, 0.15) is 5.82 Å². The zero-order chi connectivity index (χ0) is 16.9. The smallest absolute Gasteiger partial charge is 0.409 e.